The molecule has 0 aliphatic carbocycles. The first-order valence-corrected chi connectivity index (χ1v) is 5.96. The van der Waals surface area contributed by atoms with Crippen LogP contribution in [0.3, 0.4) is 0 Å². The van der Waals surface area contributed by atoms with Crippen LogP contribution >= 0.6 is 15.9 Å². The highest BCUT2D eigenvalue weighted by molar-refractivity contribution is 9.10. The molecular weight excluding hydrogens is 270 g/mol. The largest absolute Gasteiger partial charge is 0.507 e. The van der Waals surface area contributed by atoms with Crippen molar-refractivity contribution in [3.63, 3.8) is 0 Å². The molecule has 1 aromatic rings. The second-order valence-corrected chi connectivity index (χ2v) is 4.85. The lowest BCUT2D eigenvalue weighted by Crippen LogP contribution is -2.18. The van der Waals surface area contributed by atoms with E-state index in [0.717, 1.165) is 10.0 Å². The highest BCUT2D eigenvalue weighted by atomic mass is 79.9. The molecule has 0 unspecified atom stereocenters. The van der Waals surface area contributed by atoms with Crippen LogP contribution in [-0.4, -0.2) is 24.5 Å². The van der Waals surface area contributed by atoms with Crippen molar-refractivity contribution in [1.29, 1.82) is 0 Å². The van der Waals surface area contributed by atoms with Gasteiger partial charge >= 0.3 is 0 Å². The van der Waals surface area contributed by atoms with Gasteiger partial charge in [0.05, 0.1) is 12.1 Å². The van der Waals surface area contributed by atoms with Gasteiger partial charge in [-0.2, -0.15) is 0 Å². The van der Waals surface area contributed by atoms with E-state index < -0.39 is 0 Å². The van der Waals surface area contributed by atoms with Gasteiger partial charge in [-0.3, -0.25) is 4.79 Å². The minimum atomic E-state index is -0.115. The highest BCUT2D eigenvalue weighted by Gasteiger charge is 2.15. The van der Waals surface area contributed by atoms with Crippen LogP contribution in [0.15, 0.2) is 16.6 Å². The number of benzene rings is 1. The van der Waals surface area contributed by atoms with Crippen molar-refractivity contribution >= 4 is 21.7 Å². The van der Waals surface area contributed by atoms with Crippen LogP contribution in [0.2, 0.25) is 0 Å². The molecular formula is C12H16BrNO2. The third-order valence-electron chi connectivity index (χ3n) is 2.37. The predicted molar refractivity (Wildman–Crippen MR) is 68.2 cm³/mol. The van der Waals surface area contributed by atoms with Crippen molar-refractivity contribution in [2.45, 2.75) is 19.8 Å². The molecule has 0 heterocycles. The van der Waals surface area contributed by atoms with E-state index in [1.807, 2.05) is 13.8 Å². The second kappa shape index (κ2) is 5.46. The van der Waals surface area contributed by atoms with Gasteiger partial charge in [-0.1, -0.05) is 29.8 Å². The Kier molecular flexibility index (Phi) is 4.50. The van der Waals surface area contributed by atoms with Crippen LogP contribution < -0.4 is 5.32 Å². The molecule has 3 nitrogen and oxygen atoms in total. The van der Waals surface area contributed by atoms with Crippen molar-refractivity contribution < 1.29 is 9.90 Å². The fourth-order valence-corrected chi connectivity index (χ4v) is 2.30. The van der Waals surface area contributed by atoms with Gasteiger partial charge in [0.2, 0.25) is 0 Å². The number of phenolic OH excluding ortho intramolecular Hbond substituents is 1. The normalized spacial score (nSPS) is 10.8. The molecule has 0 spiro atoms. The predicted octanol–water partition coefficient (Wildman–Crippen LogP) is 2.68. The van der Waals surface area contributed by atoms with Crippen molar-refractivity contribution in [3.05, 3.63) is 27.7 Å². The molecule has 0 saturated carbocycles. The molecule has 0 atom stereocenters. The maximum absolute atomic E-state index is 11.7. The van der Waals surface area contributed by atoms with Crippen molar-refractivity contribution in [3.8, 4) is 5.75 Å². The van der Waals surface area contributed by atoms with Gasteiger partial charge < -0.3 is 10.4 Å². The lowest BCUT2D eigenvalue weighted by atomic mass is 9.99. The summed E-state index contributed by atoms with van der Waals surface area (Å²) < 4.78 is 0.861. The van der Waals surface area contributed by atoms with Gasteiger partial charge in [0.25, 0.3) is 0 Å². The maximum Gasteiger partial charge on any atom is 0.180 e. The molecule has 0 aromatic heterocycles. The van der Waals surface area contributed by atoms with Crippen LogP contribution in [-0.2, 0) is 0 Å². The number of likely N-dealkylation sites (N-methyl/N-ethyl adjacent to an activating group) is 1. The Morgan fingerprint density at radius 2 is 2.12 bits per heavy atom. The fraction of sp³-hybridized carbons (Fsp3) is 0.417. The molecule has 0 radical (unpaired) electrons. The van der Waals surface area contributed by atoms with Crippen LogP contribution in [0, 0.1) is 0 Å². The summed E-state index contributed by atoms with van der Waals surface area (Å²) >= 11 is 3.42. The average molecular weight is 286 g/mol. The van der Waals surface area contributed by atoms with Gasteiger partial charge in [0.1, 0.15) is 5.75 Å². The van der Waals surface area contributed by atoms with Crippen molar-refractivity contribution in [2.75, 3.05) is 13.6 Å². The van der Waals surface area contributed by atoms with Crippen LogP contribution in [0.5, 0.6) is 5.75 Å². The van der Waals surface area contributed by atoms with Gasteiger partial charge in [-0.15, -0.1) is 0 Å². The topological polar surface area (TPSA) is 49.3 Å². The Bertz CT molecular complexity index is 402. The smallest absolute Gasteiger partial charge is 0.180 e. The number of halogens is 1. The van der Waals surface area contributed by atoms with Gasteiger partial charge in [0.15, 0.2) is 5.78 Å². The number of nitrogens with one attached hydrogen (secondary N) is 1. The summed E-state index contributed by atoms with van der Waals surface area (Å²) in [4.78, 5) is 11.7. The van der Waals surface area contributed by atoms with E-state index in [-0.39, 0.29) is 18.1 Å². The lowest BCUT2D eigenvalue weighted by Gasteiger charge is -2.11. The van der Waals surface area contributed by atoms with Crippen LogP contribution in [0.4, 0.5) is 0 Å². The molecule has 1 aromatic carbocycles. The zero-order chi connectivity index (χ0) is 12.3. The number of hydrogen-bond donors (Lipinski definition) is 2. The number of carbonyl (C=O) groups excluding carboxylic acids is 1. The summed E-state index contributed by atoms with van der Waals surface area (Å²) in [6.45, 7) is 4.30. The summed E-state index contributed by atoms with van der Waals surface area (Å²) in [5.74, 6) is 0.233. The third-order valence-corrected chi connectivity index (χ3v) is 3.06. The van der Waals surface area contributed by atoms with E-state index in [0.29, 0.717) is 11.5 Å². The van der Waals surface area contributed by atoms with Crippen LogP contribution in [0.1, 0.15) is 35.7 Å². The van der Waals surface area contributed by atoms with E-state index in [4.69, 9.17) is 0 Å². The van der Waals surface area contributed by atoms with E-state index in [2.05, 4.69) is 21.2 Å². The number of hydrogen-bond acceptors (Lipinski definition) is 3. The van der Waals surface area contributed by atoms with E-state index in [9.17, 15) is 9.90 Å². The summed E-state index contributed by atoms with van der Waals surface area (Å²) in [5.41, 5.74) is 1.35. The Balaban J connectivity index is 3.15. The Morgan fingerprint density at radius 3 is 2.62 bits per heavy atom. The molecule has 88 valence electrons. The molecule has 1 rings (SSSR count). The summed E-state index contributed by atoms with van der Waals surface area (Å²) in [6.07, 6.45) is 0. The second-order valence-electron chi connectivity index (χ2n) is 4.00. The zero-order valence-electron chi connectivity index (χ0n) is 9.67. The quantitative estimate of drug-likeness (QED) is 0.837. The number of ketones is 1. The molecule has 16 heavy (non-hydrogen) atoms. The standard InChI is InChI=1S/C12H16BrNO2/c1-7(2)8-5-11(15)9(4-10(8)13)12(16)6-14-3/h4-5,7,14-15H,6H2,1-3H3. The number of aromatic hydroxyl groups is 1. The summed E-state index contributed by atoms with van der Waals surface area (Å²) in [7, 11) is 1.70. The van der Waals surface area contributed by atoms with Gasteiger partial charge in [0, 0.05) is 4.47 Å². The average Bonchev–Trinajstić information content (AvgIpc) is 2.20. The van der Waals surface area contributed by atoms with Crippen molar-refractivity contribution in [2.24, 2.45) is 0 Å². The molecule has 2 N–H and O–H groups in total. The Morgan fingerprint density at radius 1 is 1.50 bits per heavy atom. The fourth-order valence-electron chi connectivity index (χ4n) is 1.50. The Hall–Kier alpha value is -0.870. The zero-order valence-corrected chi connectivity index (χ0v) is 11.3. The van der Waals surface area contributed by atoms with Gasteiger partial charge in [-0.25, -0.2) is 0 Å². The first-order valence-electron chi connectivity index (χ1n) is 5.17. The first kappa shape index (κ1) is 13.2. The molecule has 0 saturated heterocycles. The maximum atomic E-state index is 11.7. The van der Waals surface area contributed by atoms with E-state index in [1.165, 1.54) is 0 Å². The van der Waals surface area contributed by atoms with E-state index in [1.54, 1.807) is 19.2 Å². The highest BCUT2D eigenvalue weighted by Crippen LogP contribution is 2.31. The Labute approximate surface area is 104 Å². The van der Waals surface area contributed by atoms with E-state index >= 15 is 0 Å². The molecule has 0 aliphatic heterocycles. The number of rotatable bonds is 4. The monoisotopic (exact) mass is 285 g/mol. The number of Topliss-reactive ketones (excluding diaryl/α,β-unsaturated/α-hetero) is 1. The molecule has 4 heteroatoms. The summed E-state index contributed by atoms with van der Waals surface area (Å²) in [6, 6.07) is 3.34. The third kappa shape index (κ3) is 2.83. The SMILES string of the molecule is CNCC(=O)c1cc(Br)c(C(C)C)cc1O. The van der Waals surface area contributed by atoms with Gasteiger partial charge in [-0.05, 0) is 30.7 Å². The number of phenols is 1. The molecule has 0 amide bonds. The minimum absolute atomic E-state index is 0.0483. The summed E-state index contributed by atoms with van der Waals surface area (Å²) in [5, 5.41) is 12.6. The molecule has 0 bridgehead atoms. The molecule has 0 aliphatic rings. The number of carbonyl (C=O) groups is 1. The minimum Gasteiger partial charge on any atom is -0.507 e. The lowest BCUT2D eigenvalue weighted by molar-refractivity contribution is 0.0991. The molecule has 0 fully saturated rings. The first-order chi connectivity index (χ1) is 7.47. The van der Waals surface area contributed by atoms with Crippen molar-refractivity contribution in [1.82, 2.24) is 5.32 Å². The van der Waals surface area contributed by atoms with Crippen LogP contribution in [0.25, 0.3) is 0 Å².